The van der Waals surface area contributed by atoms with E-state index in [-0.39, 0.29) is 11.7 Å². The zero-order valence-electron chi connectivity index (χ0n) is 13.5. The van der Waals surface area contributed by atoms with Gasteiger partial charge in [0, 0.05) is 11.3 Å². The van der Waals surface area contributed by atoms with E-state index in [1.54, 1.807) is 12.1 Å². The van der Waals surface area contributed by atoms with Crippen LogP contribution in [0.25, 0.3) is 11.3 Å². The Morgan fingerprint density at radius 3 is 2.56 bits per heavy atom. The quantitative estimate of drug-likeness (QED) is 0.794. The topological polar surface area (TPSA) is 54.9 Å². The van der Waals surface area contributed by atoms with Crippen LogP contribution in [0.1, 0.15) is 16.8 Å². The highest BCUT2D eigenvalue weighted by atomic mass is 19.1. The predicted molar refractivity (Wildman–Crippen MR) is 93.6 cm³/mol. The number of nitrogens with zero attached hydrogens (tertiary/aromatic N) is 2. The van der Waals surface area contributed by atoms with Crippen molar-refractivity contribution in [1.29, 1.82) is 0 Å². The smallest absolute Gasteiger partial charge is 0.228 e. The molecule has 1 aromatic heterocycles. The van der Waals surface area contributed by atoms with Gasteiger partial charge >= 0.3 is 0 Å². The minimum atomic E-state index is -0.223. The molecule has 2 heterocycles. The summed E-state index contributed by atoms with van der Waals surface area (Å²) in [6, 6.07) is 16.2. The maximum Gasteiger partial charge on any atom is 0.228 e. The van der Waals surface area contributed by atoms with Gasteiger partial charge in [-0.15, -0.1) is 0 Å². The second-order valence-corrected chi connectivity index (χ2v) is 6.13. The highest BCUT2D eigenvalue weighted by molar-refractivity contribution is 5.99. The summed E-state index contributed by atoms with van der Waals surface area (Å²) in [5.74, 6) is -0.200. The minimum Gasteiger partial charge on any atom is -0.326 e. The molecule has 124 valence electrons. The van der Waals surface area contributed by atoms with Crippen LogP contribution < -0.4 is 5.32 Å². The Kier molecular flexibility index (Phi) is 3.98. The van der Waals surface area contributed by atoms with E-state index >= 15 is 0 Å². The van der Waals surface area contributed by atoms with E-state index in [2.05, 4.69) is 15.5 Å². The van der Waals surface area contributed by atoms with Crippen molar-refractivity contribution in [1.82, 2.24) is 10.2 Å². The summed E-state index contributed by atoms with van der Waals surface area (Å²) in [7, 11) is 0. The van der Waals surface area contributed by atoms with Gasteiger partial charge in [0.15, 0.2) is 0 Å². The van der Waals surface area contributed by atoms with Gasteiger partial charge in [0.2, 0.25) is 5.91 Å². The first-order chi connectivity index (χ1) is 12.2. The molecular formula is C20H16FN3O. The molecule has 0 unspecified atom stereocenters. The van der Waals surface area contributed by atoms with Gasteiger partial charge in [-0.1, -0.05) is 18.2 Å². The van der Waals surface area contributed by atoms with Gasteiger partial charge in [-0.2, -0.15) is 10.2 Å². The van der Waals surface area contributed by atoms with Gasteiger partial charge in [0.25, 0.3) is 0 Å². The van der Waals surface area contributed by atoms with Crippen molar-refractivity contribution in [3.05, 3.63) is 77.2 Å². The number of aromatic nitrogens is 2. The van der Waals surface area contributed by atoms with Crippen molar-refractivity contribution in [3.8, 4) is 11.3 Å². The van der Waals surface area contributed by atoms with E-state index in [9.17, 15) is 9.18 Å². The third kappa shape index (κ3) is 3.40. The number of benzene rings is 2. The number of amides is 1. The Balaban J connectivity index is 1.46. The average molecular weight is 333 g/mol. The van der Waals surface area contributed by atoms with Crippen LogP contribution in [0.15, 0.2) is 54.6 Å². The molecule has 1 aliphatic rings. The summed E-state index contributed by atoms with van der Waals surface area (Å²) in [5.41, 5.74) is 5.57. The molecule has 1 N–H and O–H groups in total. The molecule has 0 radical (unpaired) electrons. The minimum absolute atomic E-state index is 0.0226. The fraction of sp³-hybridized carbons (Fsp3) is 0.150. The molecule has 0 saturated heterocycles. The second kappa shape index (κ2) is 6.43. The maximum absolute atomic E-state index is 12.9. The first-order valence-corrected chi connectivity index (χ1v) is 8.17. The number of nitrogens with one attached hydrogen (secondary N) is 1. The van der Waals surface area contributed by atoms with Crippen LogP contribution >= 0.6 is 0 Å². The van der Waals surface area contributed by atoms with E-state index in [1.165, 1.54) is 12.1 Å². The van der Waals surface area contributed by atoms with E-state index < -0.39 is 0 Å². The highest BCUT2D eigenvalue weighted by Crippen LogP contribution is 2.28. The van der Waals surface area contributed by atoms with Crippen molar-refractivity contribution in [2.24, 2.45) is 0 Å². The third-order valence-electron chi connectivity index (χ3n) is 4.33. The molecule has 0 saturated carbocycles. The molecule has 1 aliphatic heterocycles. The lowest BCUT2D eigenvalue weighted by Crippen LogP contribution is -2.03. The lowest BCUT2D eigenvalue weighted by molar-refractivity contribution is -0.115. The number of carbonyl (C=O) groups excluding carboxylic acids is 1. The van der Waals surface area contributed by atoms with Gasteiger partial charge in [0.05, 0.1) is 17.8 Å². The largest absolute Gasteiger partial charge is 0.326 e. The monoisotopic (exact) mass is 333 g/mol. The van der Waals surface area contributed by atoms with Crippen LogP contribution in [-0.4, -0.2) is 16.1 Å². The summed E-state index contributed by atoms with van der Waals surface area (Å²) in [6.45, 7) is 0. The lowest BCUT2D eigenvalue weighted by Gasteiger charge is -2.05. The van der Waals surface area contributed by atoms with Crippen molar-refractivity contribution in [3.63, 3.8) is 0 Å². The van der Waals surface area contributed by atoms with Gasteiger partial charge in [-0.25, -0.2) is 4.39 Å². The number of halogens is 1. The molecule has 0 bridgehead atoms. The van der Waals surface area contributed by atoms with Gasteiger partial charge in [0.1, 0.15) is 5.82 Å². The molecule has 25 heavy (non-hydrogen) atoms. The maximum atomic E-state index is 12.9. The highest BCUT2D eigenvalue weighted by Gasteiger charge is 2.18. The van der Waals surface area contributed by atoms with E-state index in [4.69, 9.17) is 0 Å². The first kappa shape index (κ1) is 15.4. The number of hydrogen-bond acceptors (Lipinski definition) is 3. The van der Waals surface area contributed by atoms with Gasteiger partial charge < -0.3 is 5.32 Å². The molecule has 5 heteroatoms. The van der Waals surface area contributed by atoms with Crippen LogP contribution in [0.5, 0.6) is 0 Å². The third-order valence-corrected chi connectivity index (χ3v) is 4.33. The molecule has 3 aromatic rings. The standard InChI is InChI=1S/C20H16FN3O/c21-16-5-1-13(2-6-16)3-7-17-8-10-19(24-23-17)14-4-9-18-15(11-14)12-20(25)22-18/h1-2,4-6,8-11H,3,7,12H2,(H,22,25). The molecule has 4 rings (SSSR count). The van der Waals surface area contributed by atoms with Crippen LogP contribution in [0.3, 0.4) is 0 Å². The normalized spacial score (nSPS) is 12.8. The van der Waals surface area contributed by atoms with Gasteiger partial charge in [-0.3, -0.25) is 4.79 Å². The fourth-order valence-electron chi connectivity index (χ4n) is 2.96. The number of fused-ring (bicyclic) bond motifs is 1. The fourth-order valence-corrected chi connectivity index (χ4v) is 2.96. The Hall–Kier alpha value is -3.08. The van der Waals surface area contributed by atoms with Crippen molar-refractivity contribution < 1.29 is 9.18 Å². The Morgan fingerprint density at radius 1 is 0.960 bits per heavy atom. The molecule has 1 amide bonds. The van der Waals surface area contributed by atoms with Crippen LogP contribution in [-0.2, 0) is 24.1 Å². The average Bonchev–Trinajstić information content (AvgIpc) is 3.01. The summed E-state index contributed by atoms with van der Waals surface area (Å²) >= 11 is 0. The SMILES string of the molecule is O=C1Cc2cc(-c3ccc(CCc4ccc(F)cc4)nn3)ccc2N1. The summed E-state index contributed by atoms with van der Waals surface area (Å²) in [4.78, 5) is 11.4. The van der Waals surface area contributed by atoms with E-state index in [1.807, 2.05) is 30.3 Å². The zero-order valence-corrected chi connectivity index (χ0v) is 13.5. The van der Waals surface area contributed by atoms with Gasteiger partial charge in [-0.05, 0) is 60.4 Å². The summed E-state index contributed by atoms with van der Waals surface area (Å²) < 4.78 is 12.9. The molecule has 4 nitrogen and oxygen atoms in total. The molecule has 0 fully saturated rings. The molecular weight excluding hydrogens is 317 g/mol. The Labute approximate surface area is 144 Å². The number of anilines is 1. The van der Waals surface area contributed by atoms with Crippen molar-refractivity contribution in [2.45, 2.75) is 19.3 Å². The molecule has 2 aromatic carbocycles. The number of hydrogen-bond donors (Lipinski definition) is 1. The van der Waals surface area contributed by atoms with Crippen LogP contribution in [0.4, 0.5) is 10.1 Å². The summed E-state index contributed by atoms with van der Waals surface area (Å²) in [6.07, 6.45) is 1.95. The number of rotatable bonds is 4. The predicted octanol–water partition coefficient (Wildman–Crippen LogP) is 3.56. The lowest BCUT2D eigenvalue weighted by atomic mass is 10.0. The first-order valence-electron chi connectivity index (χ1n) is 8.17. The summed E-state index contributed by atoms with van der Waals surface area (Å²) in [5, 5.41) is 11.4. The van der Waals surface area contributed by atoms with Crippen molar-refractivity contribution in [2.75, 3.05) is 5.32 Å². The Bertz CT molecular complexity index is 921. The number of aryl methyl sites for hydroxylation is 2. The van der Waals surface area contributed by atoms with Crippen LogP contribution in [0, 0.1) is 5.82 Å². The van der Waals surface area contributed by atoms with Crippen LogP contribution in [0.2, 0.25) is 0 Å². The molecule has 0 aliphatic carbocycles. The molecule has 0 spiro atoms. The molecule has 0 atom stereocenters. The zero-order chi connectivity index (χ0) is 17.2. The number of carbonyl (C=O) groups is 1. The second-order valence-electron chi connectivity index (χ2n) is 6.13. The van der Waals surface area contributed by atoms with Crippen molar-refractivity contribution >= 4 is 11.6 Å². The van der Waals surface area contributed by atoms with E-state index in [0.717, 1.165) is 46.6 Å². The van der Waals surface area contributed by atoms with E-state index in [0.29, 0.717) is 6.42 Å². The Morgan fingerprint density at radius 2 is 1.80 bits per heavy atom.